The van der Waals surface area contributed by atoms with Gasteiger partial charge in [0.2, 0.25) is 0 Å². The van der Waals surface area contributed by atoms with E-state index in [1.807, 2.05) is 18.2 Å². The summed E-state index contributed by atoms with van der Waals surface area (Å²) in [5.41, 5.74) is 2.25. The maximum Gasteiger partial charge on any atom is 0.317 e. The molecule has 0 aliphatic heterocycles. The molecule has 4 heteroatoms. The number of nitrogens with one attached hydrogen (secondary N) is 2. The van der Waals surface area contributed by atoms with Crippen molar-refractivity contribution >= 4 is 16.9 Å². The number of para-hydroxylation sites is 1. The van der Waals surface area contributed by atoms with Crippen molar-refractivity contribution in [2.24, 2.45) is 0 Å². The lowest BCUT2D eigenvalue weighted by Gasteiger charge is -1.99. The lowest BCUT2D eigenvalue weighted by Crippen LogP contribution is -2.24. The highest BCUT2D eigenvalue weighted by Gasteiger charge is 2.00. The van der Waals surface area contributed by atoms with Crippen molar-refractivity contribution in [1.82, 2.24) is 10.3 Å². The molecular formula is C12H14N2O2. The number of benzene rings is 1. The molecule has 0 spiro atoms. The topological polar surface area (TPSA) is 65.1 Å². The third-order valence-electron chi connectivity index (χ3n) is 2.43. The first-order chi connectivity index (χ1) is 7.75. The fourth-order valence-corrected chi connectivity index (χ4v) is 1.69. The lowest BCUT2D eigenvalue weighted by atomic mass is 10.2. The van der Waals surface area contributed by atoms with E-state index in [0.717, 1.165) is 17.6 Å². The third kappa shape index (κ3) is 2.61. The summed E-state index contributed by atoms with van der Waals surface area (Å²) in [5.74, 6) is -0.823. The highest BCUT2D eigenvalue weighted by Crippen LogP contribution is 2.14. The molecule has 0 amide bonds. The summed E-state index contributed by atoms with van der Waals surface area (Å²) >= 11 is 0. The van der Waals surface area contributed by atoms with Crippen molar-refractivity contribution in [3.8, 4) is 0 Å². The Morgan fingerprint density at radius 1 is 1.38 bits per heavy atom. The predicted octanol–water partition coefficient (Wildman–Crippen LogP) is 1.38. The molecule has 4 nitrogen and oxygen atoms in total. The lowest BCUT2D eigenvalue weighted by molar-refractivity contribution is -0.135. The number of rotatable bonds is 5. The zero-order chi connectivity index (χ0) is 11.4. The largest absolute Gasteiger partial charge is 0.480 e. The van der Waals surface area contributed by atoms with Gasteiger partial charge in [0.15, 0.2) is 0 Å². The molecule has 0 saturated carbocycles. The Morgan fingerprint density at radius 2 is 2.19 bits per heavy atom. The van der Waals surface area contributed by atoms with Gasteiger partial charge in [-0.2, -0.15) is 0 Å². The number of aliphatic carboxylic acids is 1. The van der Waals surface area contributed by atoms with Crippen molar-refractivity contribution in [1.29, 1.82) is 0 Å². The predicted molar refractivity (Wildman–Crippen MR) is 62.5 cm³/mol. The van der Waals surface area contributed by atoms with Crippen LogP contribution >= 0.6 is 0 Å². The summed E-state index contributed by atoms with van der Waals surface area (Å²) in [6.07, 6.45) is 0.808. The van der Waals surface area contributed by atoms with E-state index in [9.17, 15) is 4.79 Å². The molecule has 0 aliphatic carbocycles. The standard InChI is InChI=1S/C12H14N2O2/c15-12(16)8-13-6-5-10-7-9-3-1-2-4-11(9)14-10/h1-4,7,13-14H,5-6,8H2,(H,15,16). The van der Waals surface area contributed by atoms with E-state index in [0.29, 0.717) is 6.54 Å². The van der Waals surface area contributed by atoms with Gasteiger partial charge in [-0.25, -0.2) is 0 Å². The average molecular weight is 218 g/mol. The van der Waals surface area contributed by atoms with Gasteiger partial charge in [0, 0.05) is 17.8 Å². The van der Waals surface area contributed by atoms with Crippen LogP contribution in [-0.4, -0.2) is 29.1 Å². The number of hydrogen-bond acceptors (Lipinski definition) is 2. The van der Waals surface area contributed by atoms with Crippen LogP contribution in [0.15, 0.2) is 30.3 Å². The smallest absolute Gasteiger partial charge is 0.317 e. The van der Waals surface area contributed by atoms with Gasteiger partial charge < -0.3 is 15.4 Å². The quantitative estimate of drug-likeness (QED) is 0.664. The summed E-state index contributed by atoms with van der Waals surface area (Å²) in [5, 5.41) is 12.5. The van der Waals surface area contributed by atoms with E-state index in [2.05, 4.69) is 22.4 Å². The molecule has 2 rings (SSSR count). The normalized spacial score (nSPS) is 10.8. The van der Waals surface area contributed by atoms with Crippen molar-refractivity contribution in [2.45, 2.75) is 6.42 Å². The van der Waals surface area contributed by atoms with Crippen LogP contribution in [0, 0.1) is 0 Å². The zero-order valence-electron chi connectivity index (χ0n) is 8.86. The molecule has 84 valence electrons. The first kappa shape index (κ1) is 10.7. The first-order valence-corrected chi connectivity index (χ1v) is 5.25. The number of carboxylic acid groups (broad SMARTS) is 1. The molecule has 0 radical (unpaired) electrons. The minimum absolute atomic E-state index is 0.0141. The molecule has 0 bridgehead atoms. The molecule has 3 N–H and O–H groups in total. The van der Waals surface area contributed by atoms with E-state index in [4.69, 9.17) is 5.11 Å². The number of aromatic amines is 1. The van der Waals surface area contributed by atoms with Crippen molar-refractivity contribution in [3.05, 3.63) is 36.0 Å². The Kier molecular flexibility index (Phi) is 3.22. The van der Waals surface area contributed by atoms with Crippen LogP contribution in [0.1, 0.15) is 5.69 Å². The zero-order valence-corrected chi connectivity index (χ0v) is 8.86. The van der Waals surface area contributed by atoms with Crippen molar-refractivity contribution in [3.63, 3.8) is 0 Å². The molecule has 2 aromatic rings. The molecule has 0 unspecified atom stereocenters. The molecule has 0 aliphatic rings. The Labute approximate surface area is 93.3 Å². The second kappa shape index (κ2) is 4.81. The van der Waals surface area contributed by atoms with Crippen LogP contribution in [0.4, 0.5) is 0 Å². The van der Waals surface area contributed by atoms with Crippen LogP contribution < -0.4 is 5.32 Å². The fourth-order valence-electron chi connectivity index (χ4n) is 1.69. The van der Waals surface area contributed by atoms with Gasteiger partial charge in [-0.15, -0.1) is 0 Å². The van der Waals surface area contributed by atoms with Crippen LogP contribution in [0.3, 0.4) is 0 Å². The number of H-pyrrole nitrogens is 1. The molecule has 0 saturated heterocycles. The van der Waals surface area contributed by atoms with E-state index >= 15 is 0 Å². The number of carbonyl (C=O) groups is 1. The second-order valence-electron chi connectivity index (χ2n) is 3.70. The van der Waals surface area contributed by atoms with Gasteiger partial charge in [0.1, 0.15) is 0 Å². The highest BCUT2D eigenvalue weighted by molar-refractivity contribution is 5.80. The minimum Gasteiger partial charge on any atom is -0.480 e. The van der Waals surface area contributed by atoms with Crippen LogP contribution in [0.5, 0.6) is 0 Å². The summed E-state index contributed by atoms with van der Waals surface area (Å²) in [6, 6.07) is 10.2. The van der Waals surface area contributed by atoms with Gasteiger partial charge in [0.25, 0.3) is 0 Å². The maximum absolute atomic E-state index is 10.3. The summed E-state index contributed by atoms with van der Waals surface area (Å²) < 4.78 is 0. The number of fused-ring (bicyclic) bond motifs is 1. The van der Waals surface area contributed by atoms with Crippen LogP contribution in [-0.2, 0) is 11.2 Å². The van der Waals surface area contributed by atoms with E-state index in [1.54, 1.807) is 0 Å². The van der Waals surface area contributed by atoms with E-state index in [-0.39, 0.29) is 6.54 Å². The maximum atomic E-state index is 10.3. The number of hydrogen-bond donors (Lipinski definition) is 3. The Balaban J connectivity index is 1.92. The molecule has 16 heavy (non-hydrogen) atoms. The molecule has 1 aromatic carbocycles. The number of aromatic nitrogens is 1. The van der Waals surface area contributed by atoms with Gasteiger partial charge in [-0.05, 0) is 23.9 Å². The van der Waals surface area contributed by atoms with Crippen molar-refractivity contribution in [2.75, 3.05) is 13.1 Å². The average Bonchev–Trinajstić information content (AvgIpc) is 2.66. The Bertz CT molecular complexity index is 457. The van der Waals surface area contributed by atoms with Gasteiger partial charge in [-0.1, -0.05) is 18.2 Å². The minimum atomic E-state index is -0.823. The Hall–Kier alpha value is -1.81. The monoisotopic (exact) mass is 218 g/mol. The molecular weight excluding hydrogens is 204 g/mol. The molecule has 1 aromatic heterocycles. The second-order valence-corrected chi connectivity index (χ2v) is 3.70. The summed E-state index contributed by atoms with van der Waals surface area (Å²) in [4.78, 5) is 13.6. The molecule has 0 atom stereocenters. The fraction of sp³-hybridized carbons (Fsp3) is 0.250. The van der Waals surface area contributed by atoms with E-state index < -0.39 is 5.97 Å². The number of carboxylic acids is 1. The summed E-state index contributed by atoms with van der Waals surface area (Å²) in [6.45, 7) is 0.680. The third-order valence-corrected chi connectivity index (χ3v) is 2.43. The van der Waals surface area contributed by atoms with Gasteiger partial charge in [-0.3, -0.25) is 4.79 Å². The van der Waals surface area contributed by atoms with Gasteiger partial charge in [0.05, 0.1) is 6.54 Å². The molecule has 0 fully saturated rings. The van der Waals surface area contributed by atoms with Crippen LogP contribution in [0.2, 0.25) is 0 Å². The highest BCUT2D eigenvalue weighted by atomic mass is 16.4. The van der Waals surface area contributed by atoms with E-state index in [1.165, 1.54) is 5.39 Å². The molecule has 1 heterocycles. The Morgan fingerprint density at radius 3 is 2.94 bits per heavy atom. The van der Waals surface area contributed by atoms with Gasteiger partial charge >= 0.3 is 5.97 Å². The SMILES string of the molecule is O=C(O)CNCCc1cc2ccccc2[nH]1. The first-order valence-electron chi connectivity index (χ1n) is 5.25. The van der Waals surface area contributed by atoms with Crippen LogP contribution in [0.25, 0.3) is 10.9 Å². The summed E-state index contributed by atoms with van der Waals surface area (Å²) in [7, 11) is 0. The van der Waals surface area contributed by atoms with Crippen molar-refractivity contribution < 1.29 is 9.90 Å².